The van der Waals surface area contributed by atoms with Crippen molar-refractivity contribution in [3.05, 3.63) is 28.2 Å². The van der Waals surface area contributed by atoms with Crippen LogP contribution in [0.5, 0.6) is 0 Å². The van der Waals surface area contributed by atoms with E-state index >= 15 is 0 Å². The summed E-state index contributed by atoms with van der Waals surface area (Å²) in [5.74, 6) is 1.86. The molecule has 2 aliphatic rings. The van der Waals surface area contributed by atoms with Gasteiger partial charge in [-0.15, -0.1) is 0 Å². The molecule has 2 aliphatic carbocycles. The molecule has 0 spiro atoms. The normalized spacial score (nSPS) is 28.1. The van der Waals surface area contributed by atoms with Crippen molar-refractivity contribution in [2.24, 2.45) is 28.6 Å². The number of nitrogens with zero attached hydrogens (tertiary/aromatic N) is 1. The Kier molecular flexibility index (Phi) is 3.41. The molecule has 2 atom stereocenters. The minimum Gasteiger partial charge on any atom is -0.409 e. The van der Waals surface area contributed by atoms with E-state index in [0.717, 1.165) is 29.2 Å². The van der Waals surface area contributed by atoms with Crippen LogP contribution in [0.2, 0.25) is 0 Å². The topological polar surface area (TPSA) is 87.7 Å². The van der Waals surface area contributed by atoms with Gasteiger partial charge in [0.15, 0.2) is 5.84 Å². The van der Waals surface area contributed by atoms with E-state index in [9.17, 15) is 4.79 Å². The lowest BCUT2D eigenvalue weighted by atomic mass is 10.0. The lowest BCUT2D eigenvalue weighted by molar-refractivity contribution is -0.120. The third-order valence-electron chi connectivity index (χ3n) is 4.24. The summed E-state index contributed by atoms with van der Waals surface area (Å²) in [6, 6.07) is 5.18. The summed E-state index contributed by atoms with van der Waals surface area (Å²) < 4.78 is 0.720. The van der Waals surface area contributed by atoms with Gasteiger partial charge in [0, 0.05) is 16.0 Å². The molecule has 3 rings (SSSR count). The standard InChI is InChI=1S/C14H16BrN3O2/c15-11-6-7(13(16)18-20)1-2-12(11)17-14(19)10-4-8-3-9(8)5-10/h1-2,6,8-10,20H,3-5H2,(H2,16,18)(H,17,19). The quantitative estimate of drug-likeness (QED) is 0.342. The molecule has 2 saturated carbocycles. The van der Waals surface area contributed by atoms with Crippen LogP contribution < -0.4 is 11.1 Å². The van der Waals surface area contributed by atoms with Gasteiger partial charge in [-0.3, -0.25) is 4.79 Å². The molecular formula is C14H16BrN3O2. The molecule has 5 nitrogen and oxygen atoms in total. The fourth-order valence-electron chi connectivity index (χ4n) is 3.00. The number of benzene rings is 1. The predicted molar refractivity (Wildman–Crippen MR) is 79.6 cm³/mol. The average Bonchev–Trinajstić information content (AvgIpc) is 3.06. The molecule has 1 aromatic carbocycles. The van der Waals surface area contributed by atoms with Crippen LogP contribution in [0, 0.1) is 17.8 Å². The Morgan fingerprint density at radius 2 is 2.05 bits per heavy atom. The van der Waals surface area contributed by atoms with Crippen molar-refractivity contribution in [3.8, 4) is 0 Å². The van der Waals surface area contributed by atoms with Gasteiger partial charge >= 0.3 is 0 Å². The number of oxime groups is 1. The van der Waals surface area contributed by atoms with E-state index in [1.54, 1.807) is 18.2 Å². The van der Waals surface area contributed by atoms with Crippen LogP contribution in [0.3, 0.4) is 0 Å². The highest BCUT2D eigenvalue weighted by molar-refractivity contribution is 9.10. The van der Waals surface area contributed by atoms with Gasteiger partial charge in [-0.1, -0.05) is 5.16 Å². The first kappa shape index (κ1) is 13.4. The number of fused-ring (bicyclic) bond motifs is 1. The Morgan fingerprint density at radius 1 is 1.35 bits per heavy atom. The predicted octanol–water partition coefficient (Wildman–Crippen LogP) is 2.53. The van der Waals surface area contributed by atoms with E-state index in [2.05, 4.69) is 26.4 Å². The fraction of sp³-hybridized carbons (Fsp3) is 0.429. The minimum absolute atomic E-state index is 0.0412. The van der Waals surface area contributed by atoms with Crippen LogP contribution in [0.25, 0.3) is 0 Å². The molecule has 2 fully saturated rings. The maximum atomic E-state index is 12.2. The first-order chi connectivity index (χ1) is 9.58. The van der Waals surface area contributed by atoms with Crippen molar-refractivity contribution < 1.29 is 10.0 Å². The van der Waals surface area contributed by atoms with Crippen LogP contribution in [-0.4, -0.2) is 17.0 Å². The molecule has 2 unspecified atom stereocenters. The summed E-state index contributed by atoms with van der Waals surface area (Å²) >= 11 is 3.40. The van der Waals surface area contributed by atoms with Crippen molar-refractivity contribution in [2.45, 2.75) is 19.3 Å². The number of amides is 1. The third-order valence-corrected chi connectivity index (χ3v) is 4.90. The van der Waals surface area contributed by atoms with Gasteiger partial charge in [0.1, 0.15) is 0 Å². The largest absolute Gasteiger partial charge is 0.409 e. The first-order valence-corrected chi connectivity index (χ1v) is 7.46. The molecule has 20 heavy (non-hydrogen) atoms. The third kappa shape index (κ3) is 2.52. The van der Waals surface area contributed by atoms with E-state index < -0.39 is 0 Å². The second-order valence-corrected chi connectivity index (χ2v) is 6.45. The maximum absolute atomic E-state index is 12.2. The van der Waals surface area contributed by atoms with E-state index in [0.29, 0.717) is 11.3 Å². The molecule has 106 valence electrons. The molecule has 0 bridgehead atoms. The van der Waals surface area contributed by atoms with E-state index in [1.165, 1.54) is 6.42 Å². The number of carbonyl (C=O) groups excluding carboxylic acids is 1. The summed E-state index contributed by atoms with van der Waals surface area (Å²) in [5, 5.41) is 14.5. The van der Waals surface area contributed by atoms with Crippen molar-refractivity contribution in [3.63, 3.8) is 0 Å². The Balaban J connectivity index is 1.69. The zero-order valence-electron chi connectivity index (χ0n) is 10.8. The lowest BCUT2D eigenvalue weighted by Crippen LogP contribution is -2.22. The molecular weight excluding hydrogens is 322 g/mol. The number of hydrogen-bond donors (Lipinski definition) is 3. The van der Waals surface area contributed by atoms with E-state index in [4.69, 9.17) is 10.9 Å². The van der Waals surface area contributed by atoms with Crippen molar-refractivity contribution in [2.75, 3.05) is 5.32 Å². The monoisotopic (exact) mass is 337 g/mol. The molecule has 1 amide bonds. The Labute approximate surface area is 125 Å². The summed E-state index contributed by atoms with van der Waals surface area (Å²) in [5.41, 5.74) is 6.84. The second kappa shape index (κ2) is 5.09. The Bertz CT molecular complexity index is 578. The maximum Gasteiger partial charge on any atom is 0.227 e. The van der Waals surface area contributed by atoms with Crippen molar-refractivity contribution in [1.82, 2.24) is 0 Å². The summed E-state index contributed by atoms with van der Waals surface area (Å²) in [7, 11) is 0. The number of nitrogens with one attached hydrogen (secondary N) is 1. The average molecular weight is 338 g/mol. The molecule has 0 heterocycles. The number of carbonyl (C=O) groups is 1. The summed E-state index contributed by atoms with van der Waals surface area (Å²) in [4.78, 5) is 12.2. The van der Waals surface area contributed by atoms with Gasteiger partial charge in [-0.05, 0) is 65.2 Å². The second-order valence-electron chi connectivity index (χ2n) is 5.59. The van der Waals surface area contributed by atoms with Crippen LogP contribution >= 0.6 is 15.9 Å². The Hall–Kier alpha value is -1.56. The fourth-order valence-corrected chi connectivity index (χ4v) is 3.48. The van der Waals surface area contributed by atoms with Crippen molar-refractivity contribution in [1.29, 1.82) is 0 Å². The van der Waals surface area contributed by atoms with E-state index in [-0.39, 0.29) is 17.7 Å². The van der Waals surface area contributed by atoms with E-state index in [1.807, 2.05) is 0 Å². The summed E-state index contributed by atoms with van der Waals surface area (Å²) in [6.45, 7) is 0. The van der Waals surface area contributed by atoms with Gasteiger partial charge < -0.3 is 16.3 Å². The number of amidine groups is 1. The highest BCUT2D eigenvalue weighted by Gasteiger charge is 2.48. The molecule has 1 aromatic rings. The minimum atomic E-state index is 0.0412. The van der Waals surface area contributed by atoms with Crippen LogP contribution in [0.4, 0.5) is 5.69 Å². The van der Waals surface area contributed by atoms with Gasteiger partial charge in [0.2, 0.25) is 5.91 Å². The SMILES string of the molecule is N/C(=N/O)c1ccc(NC(=O)C2CC3CC3C2)c(Br)c1. The van der Waals surface area contributed by atoms with Gasteiger partial charge in [-0.2, -0.15) is 0 Å². The van der Waals surface area contributed by atoms with Crippen LogP contribution in [-0.2, 0) is 4.79 Å². The lowest BCUT2D eigenvalue weighted by Gasteiger charge is -2.14. The molecule has 0 aromatic heterocycles. The molecule has 0 radical (unpaired) electrons. The number of nitrogens with two attached hydrogens (primary N) is 1. The highest BCUT2D eigenvalue weighted by Crippen LogP contribution is 2.54. The number of halogens is 1. The number of hydrogen-bond acceptors (Lipinski definition) is 3. The molecule has 4 N–H and O–H groups in total. The number of anilines is 1. The highest BCUT2D eigenvalue weighted by atomic mass is 79.9. The van der Waals surface area contributed by atoms with Gasteiger partial charge in [0.25, 0.3) is 0 Å². The molecule has 0 saturated heterocycles. The van der Waals surface area contributed by atoms with Crippen molar-refractivity contribution >= 4 is 33.4 Å². The zero-order chi connectivity index (χ0) is 14.3. The Morgan fingerprint density at radius 3 is 2.65 bits per heavy atom. The first-order valence-electron chi connectivity index (χ1n) is 6.66. The number of rotatable bonds is 3. The zero-order valence-corrected chi connectivity index (χ0v) is 12.4. The molecule has 6 heteroatoms. The van der Waals surface area contributed by atoms with Gasteiger partial charge in [-0.25, -0.2) is 0 Å². The summed E-state index contributed by atoms with van der Waals surface area (Å²) in [6.07, 6.45) is 3.36. The van der Waals surface area contributed by atoms with Crippen LogP contribution in [0.1, 0.15) is 24.8 Å². The smallest absolute Gasteiger partial charge is 0.227 e. The van der Waals surface area contributed by atoms with Crippen LogP contribution in [0.15, 0.2) is 27.8 Å². The van der Waals surface area contributed by atoms with Gasteiger partial charge in [0.05, 0.1) is 5.69 Å². The molecule has 0 aliphatic heterocycles.